The molecular weight excluding hydrogens is 290 g/mol. The van der Waals surface area contributed by atoms with Crippen LogP contribution in [0, 0.1) is 6.92 Å². The lowest BCUT2D eigenvalue weighted by atomic mass is 10.0. The fraction of sp³-hybridized carbons (Fsp3) is 0.158. The van der Waals surface area contributed by atoms with Crippen LogP contribution in [0.3, 0.4) is 0 Å². The zero-order valence-electron chi connectivity index (χ0n) is 13.1. The average molecular weight is 307 g/mol. The van der Waals surface area contributed by atoms with Gasteiger partial charge in [0.15, 0.2) is 5.78 Å². The number of nitrogens with zero attached hydrogens (tertiary/aromatic N) is 1. The summed E-state index contributed by atoms with van der Waals surface area (Å²) >= 11 is 0. The van der Waals surface area contributed by atoms with Crippen molar-refractivity contribution in [3.05, 3.63) is 65.4 Å². The molecule has 4 heteroatoms. The monoisotopic (exact) mass is 307 g/mol. The summed E-state index contributed by atoms with van der Waals surface area (Å²) in [7, 11) is 1.59. The van der Waals surface area contributed by atoms with Crippen molar-refractivity contribution in [2.45, 2.75) is 13.5 Å². The molecular formula is C19H17NO3. The highest BCUT2D eigenvalue weighted by Gasteiger charge is 2.17. The number of carbonyl (C=O) groups excluding carboxylic acids is 2. The molecule has 4 nitrogen and oxygen atoms in total. The fourth-order valence-electron chi connectivity index (χ4n) is 2.67. The van der Waals surface area contributed by atoms with Crippen LogP contribution in [0.1, 0.15) is 21.5 Å². The summed E-state index contributed by atoms with van der Waals surface area (Å²) in [5.74, 6) is 0.641. The molecule has 0 spiro atoms. The number of aldehydes is 1. The highest BCUT2D eigenvalue weighted by molar-refractivity contribution is 6.16. The Morgan fingerprint density at radius 3 is 2.57 bits per heavy atom. The number of aryl methyl sites for hydroxylation is 1. The Morgan fingerprint density at radius 1 is 1.17 bits per heavy atom. The Bertz CT molecular complexity index is 876. The maximum absolute atomic E-state index is 12.8. The number of hydrogen-bond donors (Lipinski definition) is 0. The van der Waals surface area contributed by atoms with Gasteiger partial charge in [-0.1, -0.05) is 29.8 Å². The standard InChI is InChI=1S/C19H17NO3/c1-13-3-5-14(6-4-13)19(22)17-12-20(9-10-21)18-11-15(23-2)7-8-16(17)18/h3-8,10-12H,9H2,1-2H3. The van der Waals surface area contributed by atoms with E-state index in [1.807, 2.05) is 49.4 Å². The van der Waals surface area contributed by atoms with Gasteiger partial charge in [0, 0.05) is 28.8 Å². The molecule has 1 heterocycles. The second-order valence-corrected chi connectivity index (χ2v) is 5.44. The molecule has 1 aromatic heterocycles. The molecule has 2 aromatic carbocycles. The summed E-state index contributed by atoms with van der Waals surface area (Å²) in [6, 6.07) is 13.0. The number of ether oxygens (including phenoxy) is 1. The van der Waals surface area contributed by atoms with Crippen LogP contribution in [0.15, 0.2) is 48.7 Å². The first-order valence-electron chi connectivity index (χ1n) is 7.36. The molecule has 0 saturated carbocycles. The van der Waals surface area contributed by atoms with E-state index in [1.54, 1.807) is 17.9 Å². The normalized spacial score (nSPS) is 10.7. The smallest absolute Gasteiger partial charge is 0.195 e. The van der Waals surface area contributed by atoms with E-state index in [0.29, 0.717) is 16.9 Å². The van der Waals surface area contributed by atoms with Gasteiger partial charge in [0.05, 0.1) is 19.2 Å². The van der Waals surface area contributed by atoms with Gasteiger partial charge in [-0.05, 0) is 19.1 Å². The second-order valence-electron chi connectivity index (χ2n) is 5.44. The number of carbonyl (C=O) groups is 2. The molecule has 0 unspecified atom stereocenters. The van der Waals surface area contributed by atoms with E-state index in [4.69, 9.17) is 4.74 Å². The molecule has 116 valence electrons. The summed E-state index contributed by atoms with van der Waals surface area (Å²) in [6.45, 7) is 2.18. The quantitative estimate of drug-likeness (QED) is 0.536. The van der Waals surface area contributed by atoms with Crippen molar-refractivity contribution >= 4 is 23.0 Å². The molecule has 3 aromatic rings. The van der Waals surface area contributed by atoms with Gasteiger partial charge in [0.25, 0.3) is 0 Å². The SMILES string of the molecule is COc1ccc2c(C(=O)c3ccc(C)cc3)cn(CC=O)c2c1. The third-order valence-corrected chi connectivity index (χ3v) is 3.92. The number of rotatable bonds is 5. The minimum atomic E-state index is -0.0511. The first-order chi connectivity index (χ1) is 11.1. The fourth-order valence-corrected chi connectivity index (χ4v) is 2.67. The number of methoxy groups -OCH3 is 1. The Kier molecular flexibility index (Phi) is 3.98. The van der Waals surface area contributed by atoms with E-state index < -0.39 is 0 Å². The molecule has 0 aliphatic rings. The second kappa shape index (κ2) is 6.08. The predicted octanol–water partition coefficient (Wildman–Crippen LogP) is 3.39. The first kappa shape index (κ1) is 15.0. The van der Waals surface area contributed by atoms with Gasteiger partial charge in [-0.3, -0.25) is 4.79 Å². The minimum absolute atomic E-state index is 0.0511. The molecule has 0 saturated heterocycles. The molecule has 0 aliphatic carbocycles. The van der Waals surface area contributed by atoms with Crippen LogP contribution in [-0.4, -0.2) is 23.7 Å². The highest BCUT2D eigenvalue weighted by atomic mass is 16.5. The van der Waals surface area contributed by atoms with Crippen LogP contribution in [0.4, 0.5) is 0 Å². The van der Waals surface area contributed by atoms with Crippen LogP contribution >= 0.6 is 0 Å². The van der Waals surface area contributed by atoms with E-state index in [1.165, 1.54) is 0 Å². The Hall–Kier alpha value is -2.88. The van der Waals surface area contributed by atoms with Gasteiger partial charge in [0.2, 0.25) is 0 Å². The van der Waals surface area contributed by atoms with E-state index in [0.717, 1.165) is 22.8 Å². The summed E-state index contributed by atoms with van der Waals surface area (Å²) in [6.07, 6.45) is 2.56. The van der Waals surface area contributed by atoms with Crippen molar-refractivity contribution in [1.29, 1.82) is 0 Å². The van der Waals surface area contributed by atoms with E-state index in [-0.39, 0.29) is 12.3 Å². The van der Waals surface area contributed by atoms with Crippen molar-refractivity contribution in [3.8, 4) is 5.75 Å². The third-order valence-electron chi connectivity index (χ3n) is 3.92. The number of ketones is 1. The molecule has 0 radical (unpaired) electrons. The summed E-state index contributed by atoms with van der Waals surface area (Å²) in [4.78, 5) is 23.7. The number of hydrogen-bond acceptors (Lipinski definition) is 3. The number of benzene rings is 2. The van der Waals surface area contributed by atoms with Crippen molar-refractivity contribution in [2.75, 3.05) is 7.11 Å². The summed E-state index contributed by atoms with van der Waals surface area (Å²) in [5.41, 5.74) is 3.14. The van der Waals surface area contributed by atoms with Gasteiger partial charge in [-0.15, -0.1) is 0 Å². The Labute approximate surface area is 134 Å². The van der Waals surface area contributed by atoms with Crippen LogP contribution in [0.25, 0.3) is 10.9 Å². The van der Waals surface area contributed by atoms with Crippen LogP contribution in [0.5, 0.6) is 5.75 Å². The van der Waals surface area contributed by atoms with Gasteiger partial charge < -0.3 is 14.1 Å². The van der Waals surface area contributed by atoms with Crippen LogP contribution in [0.2, 0.25) is 0 Å². The van der Waals surface area contributed by atoms with Gasteiger partial charge >= 0.3 is 0 Å². The molecule has 3 rings (SSSR count). The number of aromatic nitrogens is 1. The maximum Gasteiger partial charge on any atom is 0.195 e. The molecule has 0 fully saturated rings. The summed E-state index contributed by atoms with van der Waals surface area (Å²) in [5, 5.41) is 0.818. The molecule has 23 heavy (non-hydrogen) atoms. The van der Waals surface area contributed by atoms with E-state index in [2.05, 4.69) is 0 Å². The average Bonchev–Trinajstić information content (AvgIpc) is 2.93. The molecule has 0 amide bonds. The maximum atomic E-state index is 12.8. The van der Waals surface area contributed by atoms with Gasteiger partial charge in [-0.2, -0.15) is 0 Å². The lowest BCUT2D eigenvalue weighted by Gasteiger charge is -2.03. The lowest BCUT2D eigenvalue weighted by Crippen LogP contribution is -2.01. The molecule has 0 aliphatic heterocycles. The van der Waals surface area contributed by atoms with Crippen LogP contribution < -0.4 is 4.74 Å². The topological polar surface area (TPSA) is 48.3 Å². The van der Waals surface area contributed by atoms with Crippen molar-refractivity contribution in [3.63, 3.8) is 0 Å². The van der Waals surface area contributed by atoms with Gasteiger partial charge in [0.1, 0.15) is 12.0 Å². The van der Waals surface area contributed by atoms with Crippen LogP contribution in [-0.2, 0) is 11.3 Å². The third kappa shape index (κ3) is 2.75. The largest absolute Gasteiger partial charge is 0.497 e. The van der Waals surface area contributed by atoms with Crippen molar-refractivity contribution in [1.82, 2.24) is 4.57 Å². The zero-order chi connectivity index (χ0) is 16.4. The van der Waals surface area contributed by atoms with Crippen molar-refractivity contribution < 1.29 is 14.3 Å². The first-order valence-corrected chi connectivity index (χ1v) is 7.36. The Morgan fingerprint density at radius 2 is 1.91 bits per heavy atom. The number of fused-ring (bicyclic) bond motifs is 1. The van der Waals surface area contributed by atoms with E-state index >= 15 is 0 Å². The molecule has 0 atom stereocenters. The van der Waals surface area contributed by atoms with Gasteiger partial charge in [-0.25, -0.2) is 0 Å². The molecule has 0 N–H and O–H groups in total. The lowest BCUT2D eigenvalue weighted by molar-refractivity contribution is -0.108. The van der Waals surface area contributed by atoms with E-state index in [9.17, 15) is 9.59 Å². The Balaban J connectivity index is 2.15. The summed E-state index contributed by atoms with van der Waals surface area (Å²) < 4.78 is 7.01. The van der Waals surface area contributed by atoms with Crippen molar-refractivity contribution in [2.24, 2.45) is 0 Å². The zero-order valence-corrected chi connectivity index (χ0v) is 13.1. The molecule has 0 bridgehead atoms. The highest BCUT2D eigenvalue weighted by Crippen LogP contribution is 2.27. The predicted molar refractivity (Wildman–Crippen MR) is 89.2 cm³/mol. The minimum Gasteiger partial charge on any atom is -0.497 e.